The number of rotatable bonds is 3. The Labute approximate surface area is 575 Å². The summed E-state index contributed by atoms with van der Waals surface area (Å²) in [5.74, 6) is 0. The van der Waals surface area contributed by atoms with E-state index in [9.17, 15) is 0 Å². The Balaban J connectivity index is 0.0000000949. The molecule has 0 radical (unpaired) electrons. The van der Waals surface area contributed by atoms with E-state index in [1.807, 2.05) is 70.4 Å². The molecule has 0 amide bonds. The highest BCUT2D eigenvalue weighted by atomic mass is 32.1. The molecule has 9 heterocycles. The summed E-state index contributed by atoms with van der Waals surface area (Å²) in [6.07, 6.45) is 0. The summed E-state index contributed by atoms with van der Waals surface area (Å²) in [6.45, 7) is 0. The monoisotopic (exact) mass is 1320 g/mol. The molecule has 24 aromatic rings. The zero-order chi connectivity index (χ0) is 64.6. The van der Waals surface area contributed by atoms with Gasteiger partial charge in [-0.15, -0.1) is 34.0 Å². The lowest BCUT2D eigenvalue weighted by Gasteiger charge is -2.09. The molecule has 0 saturated carbocycles. The lowest BCUT2D eigenvalue weighted by Crippen LogP contribution is -1.94. The molecule has 24 rings (SSSR count). The molecule has 0 N–H and O–H groups in total. The molecule has 6 nitrogen and oxygen atoms in total. The molecular weight excluding hydrogens is 1270 g/mol. The highest BCUT2D eigenvalue weighted by Crippen LogP contribution is 2.48. The second kappa shape index (κ2) is 21.1. The van der Waals surface area contributed by atoms with Gasteiger partial charge in [0.2, 0.25) is 0 Å². The SMILES string of the molecule is c1ccc2c(c1)oc1c(-n3c4ccccc4c4c5c(ccc43)sc3ccccc35)cccc12.c1ccc2c(c1)oc1cc(-n3c4ccccc4c4cc5c(cc43)sc3ccccc35)ccc12.c1ccc2c(c1)oc1cc(-n3c4ccccc4c4ccc5sc6ccccc6c5c43)ccc12. The summed E-state index contributed by atoms with van der Waals surface area (Å²) in [7, 11) is 0. The van der Waals surface area contributed by atoms with Crippen LogP contribution in [0.15, 0.2) is 323 Å². The fourth-order valence-corrected chi connectivity index (χ4v) is 19.5. The van der Waals surface area contributed by atoms with Gasteiger partial charge < -0.3 is 27.0 Å². The summed E-state index contributed by atoms with van der Waals surface area (Å²) >= 11 is 5.60. The summed E-state index contributed by atoms with van der Waals surface area (Å²) in [4.78, 5) is 0. The normalized spacial score (nSPS) is 12.2. The van der Waals surface area contributed by atoms with E-state index in [0.717, 1.165) is 82.9 Å². The lowest BCUT2D eigenvalue weighted by molar-refractivity contribution is 0.666. The second-order valence-electron chi connectivity index (χ2n) is 25.7. The Kier molecular flexibility index (Phi) is 11.7. The Morgan fingerprint density at radius 1 is 0.202 bits per heavy atom. The zero-order valence-corrected chi connectivity index (χ0v) is 55.2. The van der Waals surface area contributed by atoms with Gasteiger partial charge in [0.15, 0.2) is 5.58 Å². The maximum Gasteiger partial charge on any atom is 0.159 e. The quantitative estimate of drug-likeness (QED) is 0.177. The molecule has 9 aromatic heterocycles. The first-order chi connectivity index (χ1) is 49.1. The minimum Gasteiger partial charge on any atom is -0.456 e. The van der Waals surface area contributed by atoms with Crippen molar-refractivity contribution in [2.75, 3.05) is 0 Å². The summed E-state index contributed by atoms with van der Waals surface area (Å²) < 4.78 is 34.0. The first kappa shape index (κ1) is 55.0. The number of nitrogens with zero attached hydrogens (tertiary/aromatic N) is 3. The van der Waals surface area contributed by atoms with E-state index >= 15 is 0 Å². The molecule has 15 aromatic carbocycles. The van der Waals surface area contributed by atoms with Crippen LogP contribution in [-0.4, -0.2) is 13.7 Å². The highest BCUT2D eigenvalue weighted by Gasteiger charge is 2.23. The maximum absolute atomic E-state index is 6.43. The van der Waals surface area contributed by atoms with E-state index in [1.165, 1.54) is 126 Å². The van der Waals surface area contributed by atoms with Gasteiger partial charge >= 0.3 is 0 Å². The van der Waals surface area contributed by atoms with E-state index in [4.69, 9.17) is 13.3 Å². The van der Waals surface area contributed by atoms with Crippen LogP contribution in [0.4, 0.5) is 0 Å². The van der Waals surface area contributed by atoms with Crippen molar-refractivity contribution in [1.29, 1.82) is 0 Å². The van der Waals surface area contributed by atoms with Crippen molar-refractivity contribution in [2.24, 2.45) is 0 Å². The van der Waals surface area contributed by atoms with Crippen LogP contribution < -0.4 is 0 Å². The van der Waals surface area contributed by atoms with Gasteiger partial charge in [0, 0.05) is 149 Å². The fourth-order valence-electron chi connectivity index (χ4n) is 16.1. The topological polar surface area (TPSA) is 54.2 Å². The van der Waals surface area contributed by atoms with Crippen LogP contribution in [0.5, 0.6) is 0 Å². The van der Waals surface area contributed by atoms with Gasteiger partial charge in [-0.1, -0.05) is 182 Å². The molecule has 99 heavy (non-hydrogen) atoms. The molecule has 0 aliphatic carbocycles. The van der Waals surface area contributed by atoms with Crippen molar-refractivity contribution < 1.29 is 13.3 Å². The van der Waals surface area contributed by atoms with Gasteiger partial charge in [-0.2, -0.15) is 0 Å². The van der Waals surface area contributed by atoms with Crippen LogP contribution in [0.1, 0.15) is 0 Å². The summed E-state index contributed by atoms with van der Waals surface area (Å²) in [6, 6.07) is 111. The van der Waals surface area contributed by atoms with Gasteiger partial charge in [0.1, 0.15) is 27.9 Å². The average Bonchev–Trinajstić information content (AvgIpc) is 1.57. The zero-order valence-electron chi connectivity index (χ0n) is 52.7. The molecule has 0 fully saturated rings. The first-order valence-electron chi connectivity index (χ1n) is 33.4. The van der Waals surface area contributed by atoms with E-state index in [-0.39, 0.29) is 0 Å². The number of fused-ring (bicyclic) bond motifs is 29. The Hall–Kier alpha value is -12.2. The minimum atomic E-state index is 0.919. The predicted octanol–water partition coefficient (Wildman–Crippen LogP) is 27.2. The molecule has 0 saturated heterocycles. The van der Waals surface area contributed by atoms with Crippen molar-refractivity contribution in [1.82, 2.24) is 13.7 Å². The molecule has 462 valence electrons. The lowest BCUT2D eigenvalue weighted by atomic mass is 10.1. The largest absolute Gasteiger partial charge is 0.456 e. The van der Waals surface area contributed by atoms with E-state index in [0.29, 0.717) is 0 Å². The fraction of sp³-hybridized carbons (Fsp3) is 0. The predicted molar refractivity (Wildman–Crippen MR) is 423 cm³/mol. The molecular formula is C90H51N3O3S3. The van der Waals surface area contributed by atoms with Crippen LogP contribution in [0.25, 0.3) is 209 Å². The number of furan rings is 3. The van der Waals surface area contributed by atoms with Crippen molar-refractivity contribution in [2.45, 2.75) is 0 Å². The number of thiophene rings is 3. The molecule has 0 bridgehead atoms. The van der Waals surface area contributed by atoms with E-state index < -0.39 is 0 Å². The van der Waals surface area contributed by atoms with E-state index in [2.05, 4.69) is 287 Å². The standard InChI is InChI=1S/3C30H17NOS/c1-4-12-22-20(9-1)28-23(16-17-27-29(28)21-10-3-6-15-26(21)33-27)31(22)24-13-7-11-19-18-8-2-5-14-25(18)32-30(19)24;1-4-10-25-19(7-1)23-16-24-22-9-3-6-12-29(22)33-30(24)17-26(23)31(25)18-13-14-21-20-8-2-5-11-27(20)32-28(21)15-18;1-4-10-24-19(7-1)22-15-16-28-29(23-9-3-6-12-27(23)33-28)30(22)31(24)18-13-14-21-20-8-2-5-11-25(20)32-26(21)17-18/h3*1-17H. The van der Waals surface area contributed by atoms with Crippen LogP contribution in [-0.2, 0) is 0 Å². The number of hydrogen-bond acceptors (Lipinski definition) is 6. The first-order valence-corrected chi connectivity index (χ1v) is 35.8. The molecule has 0 unspecified atom stereocenters. The third-order valence-corrected chi connectivity index (χ3v) is 23.8. The van der Waals surface area contributed by atoms with E-state index in [1.54, 1.807) is 0 Å². The van der Waals surface area contributed by atoms with Crippen LogP contribution in [0, 0.1) is 0 Å². The molecule has 0 atom stereocenters. The number of benzene rings is 15. The van der Waals surface area contributed by atoms with Crippen LogP contribution >= 0.6 is 34.0 Å². The average molecular weight is 1320 g/mol. The van der Waals surface area contributed by atoms with Gasteiger partial charge in [-0.05, 0) is 115 Å². The second-order valence-corrected chi connectivity index (χ2v) is 28.9. The summed E-state index contributed by atoms with van der Waals surface area (Å²) in [5.41, 5.74) is 16.2. The molecule has 9 heteroatoms. The number of aromatic nitrogens is 3. The summed E-state index contributed by atoms with van der Waals surface area (Å²) in [5, 5.41) is 22.6. The maximum atomic E-state index is 6.43. The van der Waals surface area contributed by atoms with Gasteiger partial charge in [0.25, 0.3) is 0 Å². The van der Waals surface area contributed by atoms with Gasteiger partial charge in [-0.3, -0.25) is 0 Å². The third kappa shape index (κ3) is 8.09. The van der Waals surface area contributed by atoms with Gasteiger partial charge in [0.05, 0.1) is 38.8 Å². The molecule has 0 spiro atoms. The highest BCUT2D eigenvalue weighted by molar-refractivity contribution is 7.26. The van der Waals surface area contributed by atoms with Crippen molar-refractivity contribution in [3.8, 4) is 17.1 Å². The van der Waals surface area contributed by atoms with Crippen molar-refractivity contribution in [3.05, 3.63) is 309 Å². The molecule has 0 aliphatic rings. The number of para-hydroxylation sites is 7. The Morgan fingerprint density at radius 2 is 0.646 bits per heavy atom. The van der Waals surface area contributed by atoms with Crippen LogP contribution in [0.3, 0.4) is 0 Å². The smallest absolute Gasteiger partial charge is 0.159 e. The minimum absolute atomic E-state index is 0.919. The number of hydrogen-bond donors (Lipinski definition) is 0. The third-order valence-electron chi connectivity index (χ3n) is 20.4. The molecule has 0 aliphatic heterocycles. The van der Waals surface area contributed by atoms with Gasteiger partial charge in [-0.25, -0.2) is 0 Å². The van der Waals surface area contributed by atoms with Crippen molar-refractivity contribution in [3.63, 3.8) is 0 Å². The van der Waals surface area contributed by atoms with Crippen LogP contribution in [0.2, 0.25) is 0 Å². The Morgan fingerprint density at radius 3 is 1.30 bits per heavy atom. The Bertz CT molecular complexity index is 7510. The van der Waals surface area contributed by atoms with Crippen molar-refractivity contribution >= 4 is 226 Å².